The number of piperidine rings is 2. The highest BCUT2D eigenvalue weighted by Gasteiger charge is 2.40. The molecule has 2 N–H and O–H groups in total. The highest BCUT2D eigenvalue weighted by Crippen LogP contribution is 2.36. The van der Waals surface area contributed by atoms with Crippen LogP contribution in [0.5, 0.6) is 0 Å². The van der Waals surface area contributed by atoms with Gasteiger partial charge in [0.25, 0.3) is 5.91 Å². The fourth-order valence-corrected chi connectivity index (χ4v) is 6.23. The summed E-state index contributed by atoms with van der Waals surface area (Å²) in [6.07, 6.45) is 3.86. The van der Waals surface area contributed by atoms with E-state index in [0.29, 0.717) is 24.0 Å². The average Bonchev–Trinajstić information content (AvgIpc) is 3.43. The van der Waals surface area contributed by atoms with Crippen molar-refractivity contribution in [2.75, 3.05) is 13.1 Å². The molecule has 174 valence electrons. The minimum absolute atomic E-state index is 0.0942. The van der Waals surface area contributed by atoms with E-state index in [4.69, 9.17) is 0 Å². The largest absolute Gasteiger partial charge is 0.322 e. The van der Waals surface area contributed by atoms with Gasteiger partial charge in [-0.2, -0.15) is 9.40 Å². The first-order chi connectivity index (χ1) is 15.8. The van der Waals surface area contributed by atoms with Crippen LogP contribution in [-0.4, -0.2) is 64.7 Å². The Morgan fingerprint density at radius 3 is 2.52 bits per heavy atom. The zero-order chi connectivity index (χ0) is 23.3. The number of benzene rings is 1. The second kappa shape index (κ2) is 8.03. The van der Waals surface area contributed by atoms with Crippen molar-refractivity contribution in [3.8, 4) is 0 Å². The number of nitrogens with one attached hydrogen (secondary N) is 2. The van der Waals surface area contributed by atoms with Gasteiger partial charge in [-0.15, -0.1) is 0 Å². The standard InChI is InChI=1S/C21H22FN5O5S/c22-17-8-16-13(11-27(21(16)30)18-1-2-19(28)25-20(18)29)7-15(17)12-3-5-26(6-4-12)33(31,32)14-9-23-24-10-14/h7-10,12,18H,1-6,11H2,(H,23,24)(H,25,28,29). The quantitative estimate of drug-likeness (QED) is 0.631. The van der Waals surface area contributed by atoms with Crippen LogP contribution in [0.4, 0.5) is 4.39 Å². The molecule has 2 saturated heterocycles. The number of sulfonamides is 1. The van der Waals surface area contributed by atoms with Crippen LogP contribution >= 0.6 is 0 Å². The maximum Gasteiger partial charge on any atom is 0.255 e. The Balaban J connectivity index is 1.32. The lowest BCUT2D eigenvalue weighted by Gasteiger charge is -2.31. The number of carbonyl (C=O) groups is 3. The van der Waals surface area contributed by atoms with E-state index < -0.39 is 33.7 Å². The van der Waals surface area contributed by atoms with Crippen molar-refractivity contribution < 1.29 is 27.2 Å². The summed E-state index contributed by atoms with van der Waals surface area (Å²) in [5.41, 5.74) is 1.31. The Labute approximate surface area is 189 Å². The third-order valence-electron chi connectivity index (χ3n) is 6.65. The fourth-order valence-electron chi connectivity index (χ4n) is 4.86. The summed E-state index contributed by atoms with van der Waals surface area (Å²) in [7, 11) is -3.65. The fraction of sp³-hybridized carbons (Fsp3) is 0.429. The van der Waals surface area contributed by atoms with Crippen LogP contribution < -0.4 is 5.32 Å². The van der Waals surface area contributed by atoms with E-state index in [1.807, 2.05) is 0 Å². The van der Waals surface area contributed by atoms with Gasteiger partial charge in [0.2, 0.25) is 21.8 Å². The number of hydrogen-bond donors (Lipinski definition) is 2. The van der Waals surface area contributed by atoms with Crippen LogP contribution in [0.2, 0.25) is 0 Å². The third kappa shape index (κ3) is 3.72. The molecule has 1 atom stereocenters. The van der Waals surface area contributed by atoms with Gasteiger partial charge in [0.05, 0.1) is 6.20 Å². The van der Waals surface area contributed by atoms with E-state index in [1.165, 1.54) is 27.7 Å². The van der Waals surface area contributed by atoms with Gasteiger partial charge >= 0.3 is 0 Å². The van der Waals surface area contributed by atoms with E-state index >= 15 is 4.39 Å². The number of imide groups is 1. The Morgan fingerprint density at radius 1 is 1.09 bits per heavy atom. The van der Waals surface area contributed by atoms with Crippen LogP contribution in [0.1, 0.15) is 53.1 Å². The molecule has 0 radical (unpaired) electrons. The van der Waals surface area contributed by atoms with E-state index in [-0.39, 0.29) is 54.8 Å². The summed E-state index contributed by atoms with van der Waals surface area (Å²) in [5, 5.41) is 8.44. The first-order valence-corrected chi connectivity index (χ1v) is 12.2. The van der Waals surface area contributed by atoms with Crippen molar-refractivity contribution >= 4 is 27.7 Å². The smallest absolute Gasteiger partial charge is 0.255 e. The Kier molecular flexibility index (Phi) is 5.28. The van der Waals surface area contributed by atoms with Crippen LogP contribution in [0, 0.1) is 5.82 Å². The second-order valence-corrected chi connectivity index (χ2v) is 10.5. The number of amides is 3. The first kappa shape index (κ1) is 21.7. The highest BCUT2D eigenvalue weighted by atomic mass is 32.2. The van der Waals surface area contributed by atoms with E-state index in [0.717, 1.165) is 0 Å². The number of hydrogen-bond acceptors (Lipinski definition) is 6. The molecule has 3 amide bonds. The molecule has 33 heavy (non-hydrogen) atoms. The first-order valence-electron chi connectivity index (χ1n) is 10.7. The van der Waals surface area contributed by atoms with Gasteiger partial charge in [0, 0.05) is 37.8 Å². The molecule has 0 spiro atoms. The molecule has 1 aromatic heterocycles. The molecule has 12 heteroatoms. The van der Waals surface area contributed by atoms with Gasteiger partial charge < -0.3 is 4.90 Å². The molecule has 0 bridgehead atoms. The topological polar surface area (TPSA) is 133 Å². The zero-order valence-corrected chi connectivity index (χ0v) is 18.4. The lowest BCUT2D eigenvalue weighted by molar-refractivity contribution is -0.136. The molecule has 0 aliphatic carbocycles. The maximum absolute atomic E-state index is 15.0. The van der Waals surface area contributed by atoms with Crippen molar-refractivity contribution in [2.24, 2.45) is 0 Å². The van der Waals surface area contributed by atoms with E-state index in [9.17, 15) is 22.8 Å². The van der Waals surface area contributed by atoms with Gasteiger partial charge in [-0.25, -0.2) is 12.8 Å². The second-order valence-electron chi connectivity index (χ2n) is 8.54. The maximum atomic E-state index is 15.0. The van der Waals surface area contributed by atoms with Gasteiger partial charge in [-0.05, 0) is 42.4 Å². The molecule has 2 fully saturated rings. The van der Waals surface area contributed by atoms with Crippen molar-refractivity contribution in [1.29, 1.82) is 0 Å². The molecule has 0 saturated carbocycles. The summed E-state index contributed by atoms with van der Waals surface area (Å²) < 4.78 is 41.7. The molecule has 3 aliphatic rings. The Morgan fingerprint density at radius 2 is 1.85 bits per heavy atom. The Hall–Kier alpha value is -3.12. The number of carbonyl (C=O) groups excluding carboxylic acids is 3. The number of nitrogens with zero attached hydrogens (tertiary/aromatic N) is 3. The Bertz CT molecular complexity index is 1240. The molecule has 2 aromatic rings. The van der Waals surface area contributed by atoms with Gasteiger partial charge in [0.1, 0.15) is 16.8 Å². The van der Waals surface area contributed by atoms with Gasteiger partial charge in [-0.1, -0.05) is 6.07 Å². The summed E-state index contributed by atoms with van der Waals surface area (Å²) in [5.74, 6) is -2.01. The van der Waals surface area contributed by atoms with E-state index in [1.54, 1.807) is 6.07 Å². The molecular weight excluding hydrogens is 453 g/mol. The summed E-state index contributed by atoms with van der Waals surface area (Å²) >= 11 is 0. The van der Waals surface area contributed by atoms with Crippen LogP contribution in [-0.2, 0) is 26.2 Å². The molecule has 4 heterocycles. The highest BCUT2D eigenvalue weighted by molar-refractivity contribution is 7.89. The number of halogens is 1. The SMILES string of the molecule is O=C1CCC(N2Cc3cc(C4CCN(S(=O)(=O)c5cn[nH]c5)CC4)c(F)cc3C2=O)C(=O)N1. The summed E-state index contributed by atoms with van der Waals surface area (Å²) in [6, 6.07) is 2.12. The molecular formula is C21H22FN5O5S. The predicted octanol–water partition coefficient (Wildman–Crippen LogP) is 0.878. The summed E-state index contributed by atoms with van der Waals surface area (Å²) in [6.45, 7) is 0.660. The van der Waals surface area contributed by atoms with Crippen molar-refractivity contribution in [3.63, 3.8) is 0 Å². The normalized spacial score (nSPS) is 22.5. The molecule has 3 aliphatic heterocycles. The summed E-state index contributed by atoms with van der Waals surface area (Å²) in [4.78, 5) is 37.9. The van der Waals surface area contributed by atoms with Crippen LogP contribution in [0.25, 0.3) is 0 Å². The minimum Gasteiger partial charge on any atom is -0.322 e. The molecule has 10 nitrogen and oxygen atoms in total. The lowest BCUT2D eigenvalue weighted by atomic mass is 9.88. The number of H-pyrrole nitrogens is 1. The lowest BCUT2D eigenvalue weighted by Crippen LogP contribution is -2.52. The number of aromatic nitrogens is 2. The van der Waals surface area contributed by atoms with Crippen molar-refractivity contribution in [2.45, 2.75) is 49.1 Å². The predicted molar refractivity (Wildman–Crippen MR) is 112 cm³/mol. The van der Waals surface area contributed by atoms with Crippen LogP contribution in [0.15, 0.2) is 29.4 Å². The van der Waals surface area contributed by atoms with Crippen molar-refractivity contribution in [3.05, 3.63) is 47.0 Å². The average molecular weight is 476 g/mol. The molecule has 1 unspecified atom stereocenters. The minimum atomic E-state index is -3.65. The van der Waals surface area contributed by atoms with Crippen molar-refractivity contribution in [1.82, 2.24) is 24.7 Å². The number of aromatic amines is 1. The third-order valence-corrected chi connectivity index (χ3v) is 8.51. The molecule has 1 aromatic carbocycles. The number of rotatable bonds is 4. The zero-order valence-electron chi connectivity index (χ0n) is 17.6. The van der Waals surface area contributed by atoms with Crippen LogP contribution in [0.3, 0.4) is 0 Å². The number of fused-ring (bicyclic) bond motifs is 1. The molecule has 5 rings (SSSR count). The monoisotopic (exact) mass is 475 g/mol. The van der Waals surface area contributed by atoms with E-state index in [2.05, 4.69) is 15.5 Å². The van der Waals surface area contributed by atoms with Gasteiger partial charge in [-0.3, -0.25) is 24.8 Å². The van der Waals surface area contributed by atoms with Gasteiger partial charge in [0.15, 0.2) is 0 Å².